The van der Waals surface area contributed by atoms with Gasteiger partial charge in [0.25, 0.3) is 0 Å². The number of halogens is 2. The zero-order chi connectivity index (χ0) is 11.7. The van der Waals surface area contributed by atoms with Crippen molar-refractivity contribution in [3.63, 3.8) is 0 Å². The number of nitrogens with one attached hydrogen (secondary N) is 1. The van der Waals surface area contributed by atoms with Crippen molar-refractivity contribution in [2.45, 2.75) is 32.7 Å². The van der Waals surface area contributed by atoms with E-state index in [9.17, 15) is 0 Å². The molecule has 0 unspecified atom stereocenters. The van der Waals surface area contributed by atoms with Crippen LogP contribution in [0.15, 0.2) is 27.1 Å². The van der Waals surface area contributed by atoms with Crippen LogP contribution < -0.4 is 5.32 Å². The minimum Gasteiger partial charge on any atom is -0.380 e. The van der Waals surface area contributed by atoms with E-state index in [1.165, 1.54) is 18.5 Å². The third-order valence-electron chi connectivity index (χ3n) is 3.43. The monoisotopic (exact) mass is 345 g/mol. The first-order valence-corrected chi connectivity index (χ1v) is 7.37. The quantitative estimate of drug-likeness (QED) is 0.806. The fourth-order valence-corrected chi connectivity index (χ4v) is 3.39. The zero-order valence-electron chi connectivity index (χ0n) is 9.63. The third-order valence-corrected chi connectivity index (χ3v) is 4.75. The Labute approximate surface area is 114 Å². The maximum absolute atomic E-state index is 3.61. The van der Waals surface area contributed by atoms with E-state index in [4.69, 9.17) is 0 Å². The largest absolute Gasteiger partial charge is 0.380 e. The molecule has 16 heavy (non-hydrogen) atoms. The fraction of sp³-hybridized carbons (Fsp3) is 0.538. The molecule has 1 aliphatic rings. The molecule has 0 radical (unpaired) electrons. The van der Waals surface area contributed by atoms with Crippen LogP contribution in [0.4, 0.5) is 5.69 Å². The SMILES string of the molecule is CC(C)C1CC(Nc2c(Br)cccc2Br)C1. The van der Waals surface area contributed by atoms with Crippen molar-refractivity contribution in [3.05, 3.63) is 27.1 Å². The van der Waals surface area contributed by atoms with Gasteiger partial charge in [0.2, 0.25) is 0 Å². The molecule has 0 saturated heterocycles. The Bertz CT molecular complexity index is 350. The highest BCUT2D eigenvalue weighted by Gasteiger charge is 2.31. The highest BCUT2D eigenvalue weighted by Crippen LogP contribution is 2.38. The Kier molecular flexibility index (Phi) is 3.96. The molecule has 1 aromatic carbocycles. The van der Waals surface area contributed by atoms with Crippen LogP contribution in [-0.2, 0) is 0 Å². The number of rotatable bonds is 3. The van der Waals surface area contributed by atoms with Crippen molar-refractivity contribution < 1.29 is 0 Å². The zero-order valence-corrected chi connectivity index (χ0v) is 12.8. The third kappa shape index (κ3) is 2.62. The van der Waals surface area contributed by atoms with E-state index in [0.29, 0.717) is 6.04 Å². The Morgan fingerprint density at radius 1 is 1.19 bits per heavy atom. The van der Waals surface area contributed by atoms with Gasteiger partial charge in [-0.05, 0) is 68.7 Å². The van der Waals surface area contributed by atoms with Crippen LogP contribution in [0.2, 0.25) is 0 Å². The van der Waals surface area contributed by atoms with E-state index in [-0.39, 0.29) is 0 Å². The molecule has 88 valence electrons. The van der Waals surface area contributed by atoms with Gasteiger partial charge in [-0.2, -0.15) is 0 Å². The molecule has 0 aliphatic heterocycles. The van der Waals surface area contributed by atoms with Crippen LogP contribution >= 0.6 is 31.9 Å². The van der Waals surface area contributed by atoms with E-state index in [1.807, 2.05) is 6.07 Å². The molecule has 0 aromatic heterocycles. The maximum atomic E-state index is 3.61. The van der Waals surface area contributed by atoms with Crippen molar-refractivity contribution in [2.24, 2.45) is 11.8 Å². The molecule has 0 bridgehead atoms. The van der Waals surface area contributed by atoms with Gasteiger partial charge in [0, 0.05) is 15.0 Å². The van der Waals surface area contributed by atoms with Crippen molar-refractivity contribution >= 4 is 37.5 Å². The molecule has 1 N–H and O–H groups in total. The Morgan fingerprint density at radius 3 is 2.25 bits per heavy atom. The van der Waals surface area contributed by atoms with Gasteiger partial charge in [-0.1, -0.05) is 19.9 Å². The lowest BCUT2D eigenvalue weighted by Gasteiger charge is -2.39. The van der Waals surface area contributed by atoms with Crippen molar-refractivity contribution in [1.82, 2.24) is 0 Å². The predicted molar refractivity (Wildman–Crippen MR) is 76.8 cm³/mol. The van der Waals surface area contributed by atoms with Crippen molar-refractivity contribution in [3.8, 4) is 0 Å². The van der Waals surface area contributed by atoms with Crippen LogP contribution in [0.25, 0.3) is 0 Å². The van der Waals surface area contributed by atoms with Gasteiger partial charge in [0.15, 0.2) is 0 Å². The molecular formula is C13H17Br2N. The fourth-order valence-electron chi connectivity index (χ4n) is 2.16. The Balaban J connectivity index is 1.96. The molecule has 1 aromatic rings. The van der Waals surface area contributed by atoms with Crippen molar-refractivity contribution in [1.29, 1.82) is 0 Å². The first-order valence-electron chi connectivity index (χ1n) is 5.78. The summed E-state index contributed by atoms with van der Waals surface area (Å²) in [5.41, 5.74) is 1.19. The summed E-state index contributed by atoms with van der Waals surface area (Å²) < 4.78 is 2.27. The summed E-state index contributed by atoms with van der Waals surface area (Å²) in [5, 5.41) is 3.61. The first kappa shape index (κ1) is 12.4. The van der Waals surface area contributed by atoms with Gasteiger partial charge in [0.05, 0.1) is 5.69 Å². The van der Waals surface area contributed by atoms with E-state index >= 15 is 0 Å². The molecule has 0 spiro atoms. The van der Waals surface area contributed by atoms with Gasteiger partial charge in [-0.3, -0.25) is 0 Å². The van der Waals surface area contributed by atoms with Gasteiger partial charge >= 0.3 is 0 Å². The van der Waals surface area contributed by atoms with E-state index in [1.54, 1.807) is 0 Å². The average Bonchev–Trinajstić information content (AvgIpc) is 2.13. The molecule has 1 nitrogen and oxygen atoms in total. The van der Waals surface area contributed by atoms with E-state index in [2.05, 4.69) is 63.2 Å². The van der Waals surface area contributed by atoms with Gasteiger partial charge in [-0.15, -0.1) is 0 Å². The summed E-state index contributed by atoms with van der Waals surface area (Å²) in [5.74, 6) is 1.72. The molecule has 0 atom stereocenters. The Hall–Kier alpha value is -0.0200. The predicted octanol–water partition coefficient (Wildman–Crippen LogP) is 5.06. The van der Waals surface area contributed by atoms with Crippen LogP contribution in [0.5, 0.6) is 0 Å². The van der Waals surface area contributed by atoms with Gasteiger partial charge in [0.1, 0.15) is 0 Å². The summed E-state index contributed by atoms with van der Waals surface area (Å²) in [6.45, 7) is 4.63. The second kappa shape index (κ2) is 5.09. The lowest BCUT2D eigenvalue weighted by Crippen LogP contribution is -2.38. The second-order valence-corrected chi connectivity index (χ2v) is 6.62. The summed E-state index contributed by atoms with van der Waals surface area (Å²) in [4.78, 5) is 0. The molecule has 3 heteroatoms. The molecule has 1 saturated carbocycles. The summed E-state index contributed by atoms with van der Waals surface area (Å²) in [6, 6.07) is 6.83. The number of benzene rings is 1. The second-order valence-electron chi connectivity index (χ2n) is 4.91. The van der Waals surface area contributed by atoms with E-state index < -0.39 is 0 Å². The minimum absolute atomic E-state index is 0.641. The summed E-state index contributed by atoms with van der Waals surface area (Å²) in [6.07, 6.45) is 2.59. The van der Waals surface area contributed by atoms with Crippen molar-refractivity contribution in [2.75, 3.05) is 5.32 Å². The highest BCUT2D eigenvalue weighted by molar-refractivity contribution is 9.11. The lowest BCUT2D eigenvalue weighted by atomic mass is 9.73. The number of hydrogen-bond acceptors (Lipinski definition) is 1. The average molecular weight is 347 g/mol. The van der Waals surface area contributed by atoms with E-state index in [0.717, 1.165) is 20.8 Å². The molecule has 1 aliphatic carbocycles. The maximum Gasteiger partial charge on any atom is 0.0631 e. The number of anilines is 1. The molecule has 1 fully saturated rings. The van der Waals surface area contributed by atoms with Crippen LogP contribution in [0.3, 0.4) is 0 Å². The van der Waals surface area contributed by atoms with Gasteiger partial charge in [-0.25, -0.2) is 0 Å². The summed E-state index contributed by atoms with van der Waals surface area (Å²) in [7, 11) is 0. The standard InChI is InChI=1S/C13H17Br2N/c1-8(2)9-6-10(7-9)16-13-11(14)4-3-5-12(13)15/h3-5,8-10,16H,6-7H2,1-2H3. The number of hydrogen-bond donors (Lipinski definition) is 1. The molecule has 0 heterocycles. The number of para-hydroxylation sites is 1. The Morgan fingerprint density at radius 2 is 1.75 bits per heavy atom. The van der Waals surface area contributed by atoms with Crippen LogP contribution in [0, 0.1) is 11.8 Å². The molecule has 0 amide bonds. The lowest BCUT2D eigenvalue weighted by molar-refractivity contribution is 0.211. The summed E-state index contributed by atoms with van der Waals surface area (Å²) >= 11 is 7.16. The minimum atomic E-state index is 0.641. The normalized spacial score (nSPS) is 24.3. The topological polar surface area (TPSA) is 12.0 Å². The first-order chi connectivity index (χ1) is 7.58. The van der Waals surface area contributed by atoms with Gasteiger partial charge < -0.3 is 5.32 Å². The van der Waals surface area contributed by atoms with Crippen LogP contribution in [0.1, 0.15) is 26.7 Å². The highest BCUT2D eigenvalue weighted by atomic mass is 79.9. The molecular weight excluding hydrogens is 330 g/mol. The van der Waals surface area contributed by atoms with Crippen LogP contribution in [-0.4, -0.2) is 6.04 Å². The molecule has 2 rings (SSSR count). The smallest absolute Gasteiger partial charge is 0.0631 e.